The molecule has 0 atom stereocenters. The van der Waals surface area contributed by atoms with E-state index >= 15 is 0 Å². The Morgan fingerprint density at radius 3 is 2.68 bits per heavy atom. The Morgan fingerprint density at radius 1 is 1.42 bits per heavy atom. The van der Waals surface area contributed by atoms with Gasteiger partial charge < -0.3 is 10.0 Å². The van der Waals surface area contributed by atoms with Gasteiger partial charge in [0.25, 0.3) is 0 Å². The summed E-state index contributed by atoms with van der Waals surface area (Å²) < 4.78 is 0.966. The second-order valence-electron chi connectivity index (χ2n) is 5.07. The fourth-order valence-corrected chi connectivity index (χ4v) is 3.21. The third-order valence-corrected chi connectivity index (χ3v) is 4.25. The second-order valence-corrected chi connectivity index (χ2v) is 5.99. The molecule has 3 nitrogen and oxygen atoms in total. The molecule has 0 saturated heterocycles. The molecule has 1 aromatic rings. The van der Waals surface area contributed by atoms with E-state index in [0.29, 0.717) is 12.6 Å². The summed E-state index contributed by atoms with van der Waals surface area (Å²) in [5.41, 5.74) is 1.69. The summed E-state index contributed by atoms with van der Waals surface area (Å²) in [6.45, 7) is 2.29. The van der Waals surface area contributed by atoms with Crippen LogP contribution in [0, 0.1) is 0 Å². The molecule has 0 unspecified atom stereocenters. The van der Waals surface area contributed by atoms with E-state index in [0.717, 1.165) is 28.6 Å². The van der Waals surface area contributed by atoms with Crippen LogP contribution < -0.4 is 4.90 Å². The molecule has 19 heavy (non-hydrogen) atoms. The number of aliphatic hydroxyl groups excluding tert-OH is 1. The van der Waals surface area contributed by atoms with Crippen molar-refractivity contribution in [3.8, 4) is 0 Å². The zero-order chi connectivity index (χ0) is 13.8. The fraction of sp³-hybridized carbons (Fsp3) is 0.533. The zero-order valence-corrected chi connectivity index (χ0v) is 12.8. The summed E-state index contributed by atoms with van der Waals surface area (Å²) in [5.74, 6) is 0.0726. The van der Waals surface area contributed by atoms with Gasteiger partial charge in [-0.05, 0) is 38.0 Å². The van der Waals surface area contributed by atoms with Crippen molar-refractivity contribution in [3.63, 3.8) is 0 Å². The first-order valence-electron chi connectivity index (χ1n) is 6.81. The van der Waals surface area contributed by atoms with Crippen molar-refractivity contribution in [2.45, 2.75) is 38.6 Å². The average Bonchev–Trinajstić information content (AvgIpc) is 2.89. The topological polar surface area (TPSA) is 40.5 Å². The maximum absolute atomic E-state index is 11.8. The third-order valence-electron chi connectivity index (χ3n) is 3.75. The molecule has 0 aliphatic heterocycles. The van der Waals surface area contributed by atoms with Crippen LogP contribution in [0.15, 0.2) is 22.7 Å². The number of Topliss-reactive ketones (excluding diaryl/α,β-unsaturated/α-hetero) is 1. The maximum atomic E-state index is 11.8. The van der Waals surface area contributed by atoms with Crippen LogP contribution in [0.2, 0.25) is 0 Å². The van der Waals surface area contributed by atoms with Crippen LogP contribution >= 0.6 is 15.9 Å². The Bertz CT molecular complexity index is 455. The molecule has 0 aromatic heterocycles. The van der Waals surface area contributed by atoms with Crippen molar-refractivity contribution in [1.29, 1.82) is 0 Å². The van der Waals surface area contributed by atoms with Crippen molar-refractivity contribution in [2.24, 2.45) is 0 Å². The molecule has 0 bridgehead atoms. The van der Waals surface area contributed by atoms with Crippen LogP contribution in [-0.2, 0) is 0 Å². The number of hydrogen-bond donors (Lipinski definition) is 1. The molecule has 0 amide bonds. The Labute approximate surface area is 122 Å². The Morgan fingerprint density at radius 2 is 2.11 bits per heavy atom. The molecular weight excluding hydrogens is 306 g/mol. The maximum Gasteiger partial charge on any atom is 0.161 e. The lowest BCUT2D eigenvalue weighted by molar-refractivity contribution is 0.101. The number of nitrogens with zero attached hydrogens (tertiary/aromatic N) is 1. The molecule has 4 heteroatoms. The first-order valence-corrected chi connectivity index (χ1v) is 7.60. The first kappa shape index (κ1) is 14.5. The number of carbonyl (C=O) groups is 1. The van der Waals surface area contributed by atoms with Gasteiger partial charge in [-0.15, -0.1) is 0 Å². The van der Waals surface area contributed by atoms with E-state index < -0.39 is 0 Å². The molecule has 1 N–H and O–H groups in total. The lowest BCUT2D eigenvalue weighted by Crippen LogP contribution is -2.36. The number of benzene rings is 1. The number of rotatable bonds is 5. The summed E-state index contributed by atoms with van der Waals surface area (Å²) in [6, 6.07) is 6.19. The van der Waals surface area contributed by atoms with Crippen LogP contribution in [0.5, 0.6) is 0 Å². The lowest BCUT2D eigenvalue weighted by atomic mass is 10.1. The quantitative estimate of drug-likeness (QED) is 0.843. The minimum atomic E-state index is 0.0726. The molecule has 0 heterocycles. The van der Waals surface area contributed by atoms with E-state index in [1.54, 1.807) is 6.92 Å². The minimum Gasteiger partial charge on any atom is -0.395 e. The number of carbonyl (C=O) groups excluding carboxylic acids is 1. The van der Waals surface area contributed by atoms with Gasteiger partial charge in [-0.3, -0.25) is 4.79 Å². The average molecular weight is 326 g/mol. The van der Waals surface area contributed by atoms with Gasteiger partial charge in [0, 0.05) is 28.3 Å². The zero-order valence-electron chi connectivity index (χ0n) is 11.2. The molecule has 104 valence electrons. The highest BCUT2D eigenvalue weighted by Crippen LogP contribution is 2.32. The number of anilines is 1. The van der Waals surface area contributed by atoms with Gasteiger partial charge >= 0.3 is 0 Å². The molecule has 1 aromatic carbocycles. The minimum absolute atomic E-state index is 0.0726. The molecule has 0 spiro atoms. The molecule has 1 aliphatic carbocycles. The SMILES string of the molecule is CC(=O)c1ccc(Br)cc1N(CCO)C1CCCC1. The molecule has 2 rings (SSSR count). The molecular formula is C15H20BrNO2. The highest BCUT2D eigenvalue weighted by atomic mass is 79.9. The number of halogens is 1. The standard InChI is InChI=1S/C15H20BrNO2/c1-11(19)14-7-6-12(16)10-15(14)17(8-9-18)13-4-2-3-5-13/h6-7,10,13,18H,2-5,8-9H2,1H3. The number of aliphatic hydroxyl groups is 1. The highest BCUT2D eigenvalue weighted by Gasteiger charge is 2.25. The van der Waals surface area contributed by atoms with Gasteiger partial charge in [-0.25, -0.2) is 0 Å². The molecule has 1 aliphatic rings. The van der Waals surface area contributed by atoms with E-state index in [9.17, 15) is 9.90 Å². The van der Waals surface area contributed by atoms with E-state index in [4.69, 9.17) is 0 Å². The van der Waals surface area contributed by atoms with E-state index in [2.05, 4.69) is 20.8 Å². The number of hydrogen-bond acceptors (Lipinski definition) is 3. The van der Waals surface area contributed by atoms with Crippen molar-refractivity contribution >= 4 is 27.4 Å². The van der Waals surface area contributed by atoms with E-state index in [1.165, 1.54) is 12.8 Å². The van der Waals surface area contributed by atoms with Gasteiger partial charge in [-0.2, -0.15) is 0 Å². The number of ketones is 1. The van der Waals surface area contributed by atoms with Gasteiger partial charge in [-0.1, -0.05) is 28.8 Å². The predicted molar refractivity (Wildman–Crippen MR) is 80.8 cm³/mol. The van der Waals surface area contributed by atoms with Gasteiger partial charge in [0.1, 0.15) is 0 Å². The van der Waals surface area contributed by atoms with Crippen molar-refractivity contribution in [3.05, 3.63) is 28.2 Å². The van der Waals surface area contributed by atoms with Crippen LogP contribution in [0.25, 0.3) is 0 Å². The summed E-state index contributed by atoms with van der Waals surface area (Å²) in [5, 5.41) is 9.32. The molecule has 1 fully saturated rings. The van der Waals surface area contributed by atoms with Gasteiger partial charge in [0.05, 0.1) is 6.61 Å². The Hall–Kier alpha value is -0.870. The molecule has 0 radical (unpaired) electrons. The summed E-state index contributed by atoms with van der Waals surface area (Å²) >= 11 is 3.47. The first-order chi connectivity index (χ1) is 9.13. The largest absolute Gasteiger partial charge is 0.395 e. The van der Waals surface area contributed by atoms with Crippen molar-refractivity contribution in [1.82, 2.24) is 0 Å². The second kappa shape index (κ2) is 6.53. The normalized spacial score (nSPS) is 15.7. The summed E-state index contributed by atoms with van der Waals surface area (Å²) in [7, 11) is 0. The van der Waals surface area contributed by atoms with Crippen molar-refractivity contribution in [2.75, 3.05) is 18.1 Å². The predicted octanol–water partition coefficient (Wildman–Crippen LogP) is 3.39. The third kappa shape index (κ3) is 3.37. The van der Waals surface area contributed by atoms with Crippen LogP contribution in [0.1, 0.15) is 43.0 Å². The summed E-state index contributed by atoms with van der Waals surface area (Å²) in [6.07, 6.45) is 4.75. The van der Waals surface area contributed by atoms with Crippen LogP contribution in [-0.4, -0.2) is 30.1 Å². The van der Waals surface area contributed by atoms with Gasteiger partial charge in [0.15, 0.2) is 5.78 Å². The van der Waals surface area contributed by atoms with Gasteiger partial charge in [0.2, 0.25) is 0 Å². The Kier molecular flexibility index (Phi) is 4.99. The van der Waals surface area contributed by atoms with Crippen molar-refractivity contribution < 1.29 is 9.90 Å². The monoisotopic (exact) mass is 325 g/mol. The lowest BCUT2D eigenvalue weighted by Gasteiger charge is -2.32. The highest BCUT2D eigenvalue weighted by molar-refractivity contribution is 9.10. The Balaban J connectivity index is 2.39. The van der Waals surface area contributed by atoms with E-state index in [-0.39, 0.29) is 12.4 Å². The van der Waals surface area contributed by atoms with Crippen LogP contribution in [0.4, 0.5) is 5.69 Å². The molecule has 1 saturated carbocycles. The smallest absolute Gasteiger partial charge is 0.161 e. The fourth-order valence-electron chi connectivity index (χ4n) is 2.86. The van der Waals surface area contributed by atoms with E-state index in [1.807, 2.05) is 18.2 Å². The van der Waals surface area contributed by atoms with Crippen LogP contribution in [0.3, 0.4) is 0 Å². The summed E-state index contributed by atoms with van der Waals surface area (Å²) in [4.78, 5) is 14.0.